The molecule has 0 amide bonds. The van der Waals surface area contributed by atoms with E-state index in [1.54, 1.807) is 0 Å². The number of aromatic nitrogens is 1. The molecule has 1 N–H and O–H groups in total. The minimum absolute atomic E-state index is 0.277. The van der Waals surface area contributed by atoms with Gasteiger partial charge >= 0.3 is 0 Å². The van der Waals surface area contributed by atoms with Crippen LogP contribution in [0.4, 0.5) is 0 Å². The van der Waals surface area contributed by atoms with Crippen molar-refractivity contribution in [2.75, 3.05) is 6.54 Å². The molecule has 27 heavy (non-hydrogen) atoms. The lowest BCUT2D eigenvalue weighted by molar-refractivity contribution is 0.617. The fourth-order valence-corrected chi connectivity index (χ4v) is 4.48. The highest BCUT2D eigenvalue weighted by Crippen LogP contribution is 2.38. The fraction of sp³-hybridized carbons (Fsp3) is 0.348. The maximum atomic E-state index is 5.14. The molecule has 2 atom stereocenters. The Balaban J connectivity index is 1.66. The van der Waals surface area contributed by atoms with E-state index in [1.807, 2.05) is 0 Å². The number of allylic oxidation sites excluding steroid dienone is 5. The number of fused-ring (bicyclic) bond motifs is 5. The molecule has 0 aromatic carbocycles. The Labute approximate surface area is 160 Å². The van der Waals surface area contributed by atoms with Crippen molar-refractivity contribution in [2.45, 2.75) is 44.1 Å². The summed E-state index contributed by atoms with van der Waals surface area (Å²) in [6, 6.07) is 0.277. The van der Waals surface area contributed by atoms with Gasteiger partial charge in [-0.1, -0.05) is 36.5 Å². The van der Waals surface area contributed by atoms with Gasteiger partial charge in [-0.15, -0.1) is 0 Å². The van der Waals surface area contributed by atoms with E-state index >= 15 is 0 Å². The molecule has 0 saturated carbocycles. The summed E-state index contributed by atoms with van der Waals surface area (Å²) < 4.78 is 0. The van der Waals surface area contributed by atoms with Crippen molar-refractivity contribution < 1.29 is 0 Å². The molecule has 2 aliphatic heterocycles. The number of pyridine rings is 1. The second-order valence-electron chi connectivity index (χ2n) is 7.46. The summed E-state index contributed by atoms with van der Waals surface area (Å²) in [6.45, 7) is 0.689. The largest absolute Gasteiger partial charge is 0.302 e. The van der Waals surface area contributed by atoms with E-state index in [0.29, 0.717) is 12.5 Å². The van der Waals surface area contributed by atoms with Gasteiger partial charge in [-0.3, -0.25) is 4.99 Å². The average Bonchev–Trinajstić information content (AvgIpc) is 3.20. The first-order chi connectivity index (χ1) is 13.4. The van der Waals surface area contributed by atoms with E-state index in [9.17, 15) is 0 Å². The number of hydrogen-bond acceptors (Lipinski definition) is 4. The first-order valence-corrected chi connectivity index (χ1v) is 9.97. The molecule has 3 heterocycles. The summed E-state index contributed by atoms with van der Waals surface area (Å²) in [5.74, 6) is 0.313. The van der Waals surface area contributed by atoms with Crippen molar-refractivity contribution in [3.63, 3.8) is 0 Å². The quantitative estimate of drug-likeness (QED) is 0.830. The Kier molecular flexibility index (Phi) is 4.32. The minimum Gasteiger partial charge on any atom is -0.302 e. The molecule has 0 fully saturated rings. The monoisotopic (exact) mass is 356 g/mol. The standard InChI is InChI=1S/C23H24N4/c1-2-4-8-14-24-21(11-5-3-1)23-17-10-7-6-9-16(17)22-18-15-25-27-19(18)12-13-20(22)26-23/h1-2,4-5,8,11-13,15,18-19,27H,3,6-7,9-10,14H2/b2-1-,8-4-,11-5?,24-21?. The van der Waals surface area contributed by atoms with Gasteiger partial charge in [0.2, 0.25) is 0 Å². The number of aliphatic imine (C=N–C) groups is 1. The summed E-state index contributed by atoms with van der Waals surface area (Å²) in [4.78, 5) is 10.00. The van der Waals surface area contributed by atoms with Gasteiger partial charge in [0.1, 0.15) is 0 Å². The van der Waals surface area contributed by atoms with Crippen molar-refractivity contribution in [3.05, 3.63) is 70.6 Å². The highest BCUT2D eigenvalue weighted by atomic mass is 15.3. The van der Waals surface area contributed by atoms with Crippen LogP contribution in [0, 0.1) is 0 Å². The Morgan fingerprint density at radius 2 is 1.85 bits per heavy atom. The van der Waals surface area contributed by atoms with Crippen molar-refractivity contribution in [1.29, 1.82) is 0 Å². The van der Waals surface area contributed by atoms with E-state index in [2.05, 4.69) is 65.3 Å². The Morgan fingerprint density at radius 1 is 0.963 bits per heavy atom. The Hall–Kier alpha value is -2.75. The van der Waals surface area contributed by atoms with Gasteiger partial charge in [0, 0.05) is 12.1 Å². The zero-order chi connectivity index (χ0) is 18.1. The summed E-state index contributed by atoms with van der Waals surface area (Å²) in [5.41, 5.74) is 10.7. The smallest absolute Gasteiger partial charge is 0.0923 e. The van der Waals surface area contributed by atoms with E-state index in [-0.39, 0.29) is 6.04 Å². The predicted octanol–water partition coefficient (Wildman–Crippen LogP) is 3.89. The molecule has 5 rings (SSSR count). The van der Waals surface area contributed by atoms with Crippen molar-refractivity contribution in [1.82, 2.24) is 10.4 Å². The third-order valence-electron chi connectivity index (χ3n) is 5.77. The summed E-state index contributed by atoms with van der Waals surface area (Å²) in [7, 11) is 0. The van der Waals surface area contributed by atoms with Gasteiger partial charge in [-0.05, 0) is 60.9 Å². The van der Waals surface area contributed by atoms with Crippen molar-refractivity contribution in [2.24, 2.45) is 10.1 Å². The maximum Gasteiger partial charge on any atom is 0.0923 e. The zero-order valence-corrected chi connectivity index (χ0v) is 15.4. The van der Waals surface area contributed by atoms with Crippen LogP contribution in [0.1, 0.15) is 53.3 Å². The first-order valence-electron chi connectivity index (χ1n) is 9.97. The second-order valence-corrected chi connectivity index (χ2v) is 7.46. The molecule has 0 radical (unpaired) electrons. The summed E-state index contributed by atoms with van der Waals surface area (Å²) in [6.07, 6.45) is 24.8. The van der Waals surface area contributed by atoms with E-state index < -0.39 is 0 Å². The van der Waals surface area contributed by atoms with Crippen LogP contribution < -0.4 is 5.43 Å². The molecular formula is C23H24N4. The Bertz CT molecular complexity index is 930. The maximum absolute atomic E-state index is 5.14. The highest BCUT2D eigenvalue weighted by Gasteiger charge is 2.34. The van der Waals surface area contributed by atoms with Crippen LogP contribution in [0.15, 0.2) is 52.6 Å². The van der Waals surface area contributed by atoms with Crippen LogP contribution in [0.5, 0.6) is 0 Å². The minimum atomic E-state index is 0.277. The molecule has 4 heteroatoms. The van der Waals surface area contributed by atoms with Crippen LogP contribution in [0.3, 0.4) is 0 Å². The molecule has 0 saturated heterocycles. The lowest BCUT2D eigenvalue weighted by atomic mass is 9.78. The Morgan fingerprint density at radius 3 is 2.81 bits per heavy atom. The van der Waals surface area contributed by atoms with Gasteiger partial charge < -0.3 is 5.43 Å². The van der Waals surface area contributed by atoms with Crippen molar-refractivity contribution >= 4 is 18.0 Å². The molecule has 0 spiro atoms. The molecule has 2 aliphatic carbocycles. The molecular weight excluding hydrogens is 332 g/mol. The number of hydrazone groups is 1. The highest BCUT2D eigenvalue weighted by molar-refractivity contribution is 6.09. The van der Waals surface area contributed by atoms with Crippen LogP contribution >= 0.6 is 0 Å². The zero-order valence-electron chi connectivity index (χ0n) is 15.4. The summed E-state index contributed by atoms with van der Waals surface area (Å²) in [5, 5.41) is 4.33. The van der Waals surface area contributed by atoms with Crippen LogP contribution in [0.25, 0.3) is 6.08 Å². The van der Waals surface area contributed by atoms with Gasteiger partial charge in [-0.2, -0.15) is 5.10 Å². The average molecular weight is 356 g/mol. The lowest BCUT2D eigenvalue weighted by Crippen LogP contribution is -2.29. The van der Waals surface area contributed by atoms with E-state index in [4.69, 9.17) is 9.98 Å². The second kappa shape index (κ2) is 7.10. The third kappa shape index (κ3) is 2.99. The molecule has 4 nitrogen and oxygen atoms in total. The van der Waals surface area contributed by atoms with Gasteiger partial charge in [0.05, 0.1) is 29.7 Å². The normalized spacial score (nSPS) is 27.8. The van der Waals surface area contributed by atoms with Gasteiger partial charge in [0.25, 0.3) is 0 Å². The third-order valence-corrected chi connectivity index (χ3v) is 5.77. The molecule has 1 aromatic heterocycles. The fourth-order valence-electron chi connectivity index (χ4n) is 4.48. The van der Waals surface area contributed by atoms with Crippen LogP contribution in [-0.4, -0.2) is 29.5 Å². The summed E-state index contributed by atoms with van der Waals surface area (Å²) >= 11 is 0. The van der Waals surface area contributed by atoms with E-state index in [0.717, 1.165) is 36.4 Å². The predicted molar refractivity (Wildman–Crippen MR) is 112 cm³/mol. The number of nitrogens with zero attached hydrogens (tertiary/aromatic N) is 3. The SMILES string of the molecule is C1=CC(c2nc3c(c4c2CCCC4)C2C=NNC2C=C3)=NC/C=C\C=C/C1. The number of nitrogens with one attached hydrogen (secondary N) is 1. The molecule has 2 unspecified atom stereocenters. The number of hydrogen-bond donors (Lipinski definition) is 1. The first kappa shape index (κ1) is 16.4. The molecule has 136 valence electrons. The number of rotatable bonds is 1. The molecule has 1 aromatic rings. The van der Waals surface area contributed by atoms with Crippen molar-refractivity contribution in [3.8, 4) is 0 Å². The van der Waals surface area contributed by atoms with Gasteiger partial charge in [-0.25, -0.2) is 4.98 Å². The van der Waals surface area contributed by atoms with Gasteiger partial charge in [0.15, 0.2) is 0 Å². The topological polar surface area (TPSA) is 49.6 Å². The molecule has 4 aliphatic rings. The molecule has 0 bridgehead atoms. The van der Waals surface area contributed by atoms with Crippen LogP contribution in [0.2, 0.25) is 0 Å². The lowest BCUT2D eigenvalue weighted by Gasteiger charge is -2.29. The van der Waals surface area contributed by atoms with E-state index in [1.165, 1.54) is 29.5 Å². The van der Waals surface area contributed by atoms with Crippen LogP contribution in [-0.2, 0) is 12.8 Å².